The lowest BCUT2D eigenvalue weighted by Gasteiger charge is -2.18. The molecule has 0 aliphatic carbocycles. The van der Waals surface area contributed by atoms with E-state index in [2.05, 4.69) is 19.6 Å². The number of rotatable bonds is 2. The summed E-state index contributed by atoms with van der Waals surface area (Å²) >= 11 is 4.46. The van der Waals surface area contributed by atoms with Gasteiger partial charge in [0, 0.05) is 4.90 Å². The van der Waals surface area contributed by atoms with Crippen LogP contribution in [0.5, 0.6) is 0 Å². The lowest BCUT2D eigenvalue weighted by atomic mass is 9.94. The molecule has 94 valence electrons. The molecule has 0 radical (unpaired) electrons. The molecule has 2 nitrogen and oxygen atoms in total. The van der Waals surface area contributed by atoms with Crippen LogP contribution in [0.4, 0.5) is 0 Å². The van der Waals surface area contributed by atoms with E-state index in [4.69, 9.17) is 4.74 Å². The van der Waals surface area contributed by atoms with Gasteiger partial charge in [-0.3, -0.25) is 0 Å². The third-order valence-corrected chi connectivity index (χ3v) is 3.76. The zero-order chi connectivity index (χ0) is 13.3. The minimum atomic E-state index is -0.284. The summed E-state index contributed by atoms with van der Waals surface area (Å²) in [5.74, 6) is -0.284. The van der Waals surface area contributed by atoms with E-state index in [1.54, 1.807) is 0 Å². The molecule has 0 saturated heterocycles. The van der Waals surface area contributed by atoms with E-state index < -0.39 is 0 Å². The van der Waals surface area contributed by atoms with E-state index in [1.165, 1.54) is 5.56 Å². The molecule has 0 aliphatic rings. The Labute approximate surface area is 109 Å². The van der Waals surface area contributed by atoms with Crippen LogP contribution in [0.25, 0.3) is 0 Å². The van der Waals surface area contributed by atoms with Gasteiger partial charge in [-0.15, -0.1) is 12.6 Å². The summed E-state index contributed by atoms with van der Waals surface area (Å²) in [6, 6.07) is 0. The van der Waals surface area contributed by atoms with Crippen molar-refractivity contribution in [1.29, 1.82) is 0 Å². The normalized spacial score (nSPS) is 10.8. The zero-order valence-electron chi connectivity index (χ0n) is 11.3. The molecule has 0 saturated carbocycles. The SMILES string of the molecule is Cc1c(C)c(C)c(C(=O)OC(C)C)c(S)c1C. The number of carbonyl (C=O) groups is 1. The first-order valence-corrected chi connectivity index (χ1v) is 6.22. The Morgan fingerprint density at radius 3 is 1.94 bits per heavy atom. The minimum absolute atomic E-state index is 0.114. The number of esters is 1. The molecular weight excluding hydrogens is 232 g/mol. The van der Waals surface area contributed by atoms with Crippen LogP contribution in [0.3, 0.4) is 0 Å². The predicted molar refractivity (Wildman–Crippen MR) is 73.2 cm³/mol. The van der Waals surface area contributed by atoms with Crippen LogP contribution in [0.1, 0.15) is 46.5 Å². The van der Waals surface area contributed by atoms with Crippen molar-refractivity contribution < 1.29 is 9.53 Å². The summed E-state index contributed by atoms with van der Waals surface area (Å²) in [7, 11) is 0. The maximum absolute atomic E-state index is 12.0. The molecule has 17 heavy (non-hydrogen) atoms. The van der Waals surface area contributed by atoms with Gasteiger partial charge in [-0.25, -0.2) is 4.79 Å². The Morgan fingerprint density at radius 1 is 1.00 bits per heavy atom. The second-order valence-corrected chi connectivity index (χ2v) is 5.12. The molecule has 0 fully saturated rings. The number of hydrogen-bond acceptors (Lipinski definition) is 3. The molecule has 0 spiro atoms. The van der Waals surface area contributed by atoms with E-state index in [0.717, 1.165) is 21.6 Å². The number of ether oxygens (including phenoxy) is 1. The van der Waals surface area contributed by atoms with Gasteiger partial charge in [0.15, 0.2) is 0 Å². The highest BCUT2D eigenvalue weighted by atomic mass is 32.1. The predicted octanol–water partition coefficient (Wildman–Crippen LogP) is 3.77. The van der Waals surface area contributed by atoms with Crippen molar-refractivity contribution in [3.05, 3.63) is 27.8 Å². The number of benzene rings is 1. The topological polar surface area (TPSA) is 26.3 Å². The fourth-order valence-corrected chi connectivity index (χ4v) is 2.24. The van der Waals surface area contributed by atoms with Gasteiger partial charge in [0.25, 0.3) is 0 Å². The average molecular weight is 252 g/mol. The quantitative estimate of drug-likeness (QED) is 0.640. The van der Waals surface area contributed by atoms with Gasteiger partial charge in [-0.2, -0.15) is 0 Å². The van der Waals surface area contributed by atoms with Gasteiger partial charge in [0.05, 0.1) is 11.7 Å². The van der Waals surface area contributed by atoms with Gasteiger partial charge < -0.3 is 4.74 Å². The van der Waals surface area contributed by atoms with Crippen molar-refractivity contribution in [2.75, 3.05) is 0 Å². The third-order valence-electron chi connectivity index (χ3n) is 3.20. The molecule has 0 bridgehead atoms. The van der Waals surface area contributed by atoms with Crippen molar-refractivity contribution in [2.45, 2.75) is 52.5 Å². The summed E-state index contributed by atoms with van der Waals surface area (Å²) in [5.41, 5.74) is 4.93. The van der Waals surface area contributed by atoms with Crippen LogP contribution in [0.2, 0.25) is 0 Å². The standard InChI is InChI=1S/C14H20O2S/c1-7(2)16-14(15)12-10(5)8(3)9(4)11(6)13(12)17/h7,17H,1-6H3. The fraction of sp³-hybridized carbons (Fsp3) is 0.500. The second-order valence-electron chi connectivity index (χ2n) is 4.68. The lowest BCUT2D eigenvalue weighted by Crippen LogP contribution is -2.15. The summed E-state index contributed by atoms with van der Waals surface area (Å²) in [5, 5.41) is 0. The van der Waals surface area contributed by atoms with Crippen molar-refractivity contribution in [1.82, 2.24) is 0 Å². The monoisotopic (exact) mass is 252 g/mol. The summed E-state index contributed by atoms with van der Waals surface area (Å²) in [4.78, 5) is 12.8. The van der Waals surface area contributed by atoms with Crippen LogP contribution in [-0.2, 0) is 4.74 Å². The van der Waals surface area contributed by atoms with Crippen LogP contribution in [-0.4, -0.2) is 12.1 Å². The van der Waals surface area contributed by atoms with E-state index in [9.17, 15) is 4.79 Å². The number of carbonyl (C=O) groups excluding carboxylic acids is 1. The van der Waals surface area contributed by atoms with Gasteiger partial charge >= 0.3 is 5.97 Å². The van der Waals surface area contributed by atoms with Crippen molar-refractivity contribution in [3.8, 4) is 0 Å². The first-order valence-electron chi connectivity index (χ1n) is 5.77. The minimum Gasteiger partial charge on any atom is -0.459 e. The lowest BCUT2D eigenvalue weighted by molar-refractivity contribution is 0.0372. The Balaban J connectivity index is 3.39. The molecule has 0 heterocycles. The summed E-state index contributed by atoms with van der Waals surface area (Å²) < 4.78 is 5.26. The number of hydrogen-bond donors (Lipinski definition) is 1. The van der Waals surface area contributed by atoms with E-state index >= 15 is 0 Å². The molecular formula is C14H20O2S. The Bertz CT molecular complexity index is 433. The maximum Gasteiger partial charge on any atom is 0.339 e. The summed E-state index contributed by atoms with van der Waals surface area (Å²) in [6.07, 6.45) is -0.114. The van der Waals surface area contributed by atoms with Crippen molar-refractivity contribution in [2.24, 2.45) is 0 Å². The fourth-order valence-electron chi connectivity index (χ4n) is 1.82. The smallest absolute Gasteiger partial charge is 0.339 e. The van der Waals surface area contributed by atoms with Gasteiger partial charge in [0.1, 0.15) is 0 Å². The van der Waals surface area contributed by atoms with Gasteiger partial charge in [-0.1, -0.05) is 0 Å². The number of thiol groups is 1. The van der Waals surface area contributed by atoms with Gasteiger partial charge in [0.2, 0.25) is 0 Å². The van der Waals surface area contributed by atoms with E-state index in [1.807, 2.05) is 34.6 Å². The molecule has 0 aromatic heterocycles. The molecule has 0 amide bonds. The molecule has 0 aliphatic heterocycles. The largest absolute Gasteiger partial charge is 0.459 e. The highest BCUT2D eigenvalue weighted by Crippen LogP contribution is 2.29. The third kappa shape index (κ3) is 2.65. The maximum atomic E-state index is 12.0. The highest BCUT2D eigenvalue weighted by molar-refractivity contribution is 7.80. The zero-order valence-corrected chi connectivity index (χ0v) is 12.2. The van der Waals surface area contributed by atoms with Crippen molar-refractivity contribution >= 4 is 18.6 Å². The Kier molecular flexibility index (Phi) is 4.26. The molecule has 1 rings (SSSR count). The Hall–Kier alpha value is -0.960. The molecule has 1 aromatic carbocycles. The average Bonchev–Trinajstić information content (AvgIpc) is 2.23. The molecule has 1 aromatic rings. The molecule has 0 unspecified atom stereocenters. The molecule has 0 atom stereocenters. The van der Waals surface area contributed by atoms with Crippen LogP contribution < -0.4 is 0 Å². The van der Waals surface area contributed by atoms with E-state index in [0.29, 0.717) is 5.56 Å². The Morgan fingerprint density at radius 2 is 1.47 bits per heavy atom. The van der Waals surface area contributed by atoms with Gasteiger partial charge in [-0.05, 0) is 63.8 Å². The van der Waals surface area contributed by atoms with Crippen LogP contribution in [0, 0.1) is 27.7 Å². The first-order chi connectivity index (χ1) is 7.77. The second kappa shape index (κ2) is 5.13. The molecule has 0 N–H and O–H groups in total. The first kappa shape index (κ1) is 14.1. The van der Waals surface area contributed by atoms with Crippen LogP contribution >= 0.6 is 12.6 Å². The van der Waals surface area contributed by atoms with Crippen LogP contribution in [0.15, 0.2) is 4.90 Å². The molecule has 3 heteroatoms. The highest BCUT2D eigenvalue weighted by Gasteiger charge is 2.20. The summed E-state index contributed by atoms with van der Waals surface area (Å²) in [6.45, 7) is 11.7. The van der Waals surface area contributed by atoms with E-state index in [-0.39, 0.29) is 12.1 Å². The van der Waals surface area contributed by atoms with Crippen molar-refractivity contribution in [3.63, 3.8) is 0 Å².